The van der Waals surface area contributed by atoms with Crippen LogP contribution in [0.3, 0.4) is 0 Å². The summed E-state index contributed by atoms with van der Waals surface area (Å²) in [6.07, 6.45) is 2.52. The normalized spacial score (nSPS) is 32.1. The molecule has 0 aromatic heterocycles. The standard InChI is InChI=1S/C8H7FN2/c9-5-8(6-11)3-1-7(8)2-4-10/h2H,1,3,5H2/b7-2+. The van der Waals surface area contributed by atoms with Crippen LogP contribution < -0.4 is 0 Å². The molecule has 11 heavy (non-hydrogen) atoms. The lowest BCUT2D eigenvalue weighted by atomic mass is 9.66. The lowest BCUT2D eigenvalue weighted by Crippen LogP contribution is -2.33. The minimum Gasteiger partial charge on any atom is -0.249 e. The van der Waals surface area contributed by atoms with Gasteiger partial charge < -0.3 is 0 Å². The highest BCUT2D eigenvalue weighted by Gasteiger charge is 2.42. The zero-order valence-electron chi connectivity index (χ0n) is 5.97. The fraction of sp³-hybridized carbons (Fsp3) is 0.500. The Morgan fingerprint density at radius 1 is 1.64 bits per heavy atom. The van der Waals surface area contributed by atoms with Gasteiger partial charge in [0.2, 0.25) is 0 Å². The number of rotatable bonds is 1. The maximum absolute atomic E-state index is 12.3. The number of hydrogen-bond donors (Lipinski definition) is 0. The van der Waals surface area contributed by atoms with Crippen LogP contribution in [0.4, 0.5) is 4.39 Å². The van der Waals surface area contributed by atoms with Crippen LogP contribution >= 0.6 is 0 Å². The largest absolute Gasteiger partial charge is 0.249 e. The molecular weight excluding hydrogens is 143 g/mol. The second kappa shape index (κ2) is 2.72. The van der Waals surface area contributed by atoms with Gasteiger partial charge in [-0.3, -0.25) is 0 Å². The summed E-state index contributed by atoms with van der Waals surface area (Å²) < 4.78 is 12.3. The molecular formula is C8H7FN2. The molecule has 1 fully saturated rings. The molecule has 2 nitrogen and oxygen atoms in total. The van der Waals surface area contributed by atoms with Crippen LogP contribution in [0, 0.1) is 28.1 Å². The number of halogens is 1. The molecule has 0 aromatic rings. The quantitative estimate of drug-likeness (QED) is 0.534. The maximum Gasteiger partial charge on any atom is 0.112 e. The van der Waals surface area contributed by atoms with Crippen molar-refractivity contribution < 1.29 is 4.39 Å². The van der Waals surface area contributed by atoms with Gasteiger partial charge in [-0.25, -0.2) is 4.39 Å². The molecule has 0 radical (unpaired) electrons. The molecule has 1 unspecified atom stereocenters. The van der Waals surface area contributed by atoms with Gasteiger partial charge in [-0.15, -0.1) is 0 Å². The summed E-state index contributed by atoms with van der Waals surface area (Å²) in [6.45, 7) is -0.670. The van der Waals surface area contributed by atoms with Crippen LogP contribution in [0.5, 0.6) is 0 Å². The Bertz CT molecular complexity index is 265. The maximum atomic E-state index is 12.3. The van der Waals surface area contributed by atoms with Crippen molar-refractivity contribution in [3.8, 4) is 12.1 Å². The highest BCUT2D eigenvalue weighted by Crippen LogP contribution is 2.45. The van der Waals surface area contributed by atoms with Crippen molar-refractivity contribution in [2.24, 2.45) is 5.41 Å². The third kappa shape index (κ3) is 0.991. The zero-order chi connectivity index (χ0) is 8.32. The van der Waals surface area contributed by atoms with Gasteiger partial charge in [0.15, 0.2) is 0 Å². The van der Waals surface area contributed by atoms with E-state index in [4.69, 9.17) is 10.5 Å². The zero-order valence-corrected chi connectivity index (χ0v) is 5.97. The molecule has 1 aliphatic carbocycles. The summed E-state index contributed by atoms with van der Waals surface area (Å²) in [7, 11) is 0. The topological polar surface area (TPSA) is 47.6 Å². The first-order chi connectivity index (χ1) is 5.29. The van der Waals surface area contributed by atoms with Gasteiger partial charge in [0.1, 0.15) is 12.1 Å². The van der Waals surface area contributed by atoms with Gasteiger partial charge >= 0.3 is 0 Å². The Morgan fingerprint density at radius 2 is 2.36 bits per heavy atom. The van der Waals surface area contributed by atoms with Crippen molar-refractivity contribution in [1.82, 2.24) is 0 Å². The summed E-state index contributed by atoms with van der Waals surface area (Å²) in [4.78, 5) is 0. The molecule has 0 bridgehead atoms. The van der Waals surface area contributed by atoms with E-state index in [0.717, 1.165) is 0 Å². The average molecular weight is 150 g/mol. The van der Waals surface area contributed by atoms with Crippen LogP contribution in [0.15, 0.2) is 11.6 Å². The van der Waals surface area contributed by atoms with E-state index in [1.807, 2.05) is 12.1 Å². The third-order valence-electron chi connectivity index (χ3n) is 2.12. The fourth-order valence-corrected chi connectivity index (χ4v) is 1.17. The first-order valence-corrected chi connectivity index (χ1v) is 3.35. The number of hydrogen-bond acceptors (Lipinski definition) is 2. The van der Waals surface area contributed by atoms with E-state index < -0.39 is 12.1 Å². The molecule has 0 heterocycles. The van der Waals surface area contributed by atoms with E-state index >= 15 is 0 Å². The SMILES string of the molecule is N#C/C=C1\CCC1(C#N)CF. The molecule has 1 rings (SSSR count). The van der Waals surface area contributed by atoms with Gasteiger partial charge in [-0.2, -0.15) is 10.5 Å². The fourth-order valence-electron chi connectivity index (χ4n) is 1.17. The summed E-state index contributed by atoms with van der Waals surface area (Å²) in [6, 6.07) is 3.72. The number of allylic oxidation sites excluding steroid dienone is 2. The summed E-state index contributed by atoms with van der Waals surface area (Å²) in [5, 5.41) is 16.9. The van der Waals surface area contributed by atoms with Crippen LogP contribution in [-0.4, -0.2) is 6.67 Å². The van der Waals surface area contributed by atoms with Gasteiger partial charge in [0.05, 0.1) is 12.1 Å². The lowest BCUT2D eigenvalue weighted by molar-refractivity contribution is 0.245. The van der Waals surface area contributed by atoms with Crippen molar-refractivity contribution in [2.75, 3.05) is 6.67 Å². The highest BCUT2D eigenvalue weighted by molar-refractivity contribution is 5.35. The van der Waals surface area contributed by atoms with E-state index in [9.17, 15) is 4.39 Å². The Hall–Kier alpha value is -1.35. The van der Waals surface area contributed by atoms with E-state index in [0.29, 0.717) is 18.4 Å². The summed E-state index contributed by atoms with van der Waals surface area (Å²) in [5.74, 6) is 0. The number of alkyl halides is 1. The molecule has 0 aliphatic heterocycles. The van der Waals surface area contributed by atoms with Crippen molar-refractivity contribution in [1.29, 1.82) is 10.5 Å². The van der Waals surface area contributed by atoms with Crippen molar-refractivity contribution in [3.05, 3.63) is 11.6 Å². The predicted molar refractivity (Wildman–Crippen MR) is 37.0 cm³/mol. The Labute approximate surface area is 64.5 Å². The molecule has 0 aromatic carbocycles. The second-order valence-electron chi connectivity index (χ2n) is 2.63. The van der Waals surface area contributed by atoms with Gasteiger partial charge in [0, 0.05) is 6.08 Å². The summed E-state index contributed by atoms with van der Waals surface area (Å²) >= 11 is 0. The van der Waals surface area contributed by atoms with Crippen molar-refractivity contribution >= 4 is 0 Å². The molecule has 1 aliphatic rings. The first kappa shape index (κ1) is 7.75. The first-order valence-electron chi connectivity index (χ1n) is 3.35. The summed E-state index contributed by atoms with van der Waals surface area (Å²) in [5.41, 5.74) is -0.305. The molecule has 0 N–H and O–H groups in total. The predicted octanol–water partition coefficient (Wildman–Crippen LogP) is 1.71. The smallest absolute Gasteiger partial charge is 0.112 e. The molecule has 3 heteroatoms. The Kier molecular flexibility index (Phi) is 1.92. The molecule has 0 saturated heterocycles. The van der Waals surface area contributed by atoms with Crippen LogP contribution in [-0.2, 0) is 0 Å². The average Bonchev–Trinajstić information content (AvgIpc) is 2.01. The minimum atomic E-state index is -0.949. The van der Waals surface area contributed by atoms with Crippen molar-refractivity contribution in [3.63, 3.8) is 0 Å². The Balaban J connectivity index is 2.85. The van der Waals surface area contributed by atoms with E-state index in [1.165, 1.54) is 6.08 Å². The molecule has 1 atom stereocenters. The highest BCUT2D eigenvalue weighted by atomic mass is 19.1. The molecule has 1 saturated carbocycles. The molecule has 0 spiro atoms. The van der Waals surface area contributed by atoms with E-state index in [-0.39, 0.29) is 0 Å². The Morgan fingerprint density at radius 3 is 2.64 bits per heavy atom. The monoisotopic (exact) mass is 150 g/mol. The van der Waals surface area contributed by atoms with Gasteiger partial charge in [-0.05, 0) is 18.4 Å². The third-order valence-corrected chi connectivity index (χ3v) is 2.12. The van der Waals surface area contributed by atoms with Crippen LogP contribution in [0.2, 0.25) is 0 Å². The van der Waals surface area contributed by atoms with Crippen LogP contribution in [0.25, 0.3) is 0 Å². The van der Waals surface area contributed by atoms with E-state index in [1.54, 1.807) is 0 Å². The minimum absolute atomic E-state index is 0.549. The second-order valence-corrected chi connectivity index (χ2v) is 2.63. The number of nitriles is 2. The number of nitrogens with zero attached hydrogens (tertiary/aromatic N) is 2. The van der Waals surface area contributed by atoms with Gasteiger partial charge in [-0.1, -0.05) is 0 Å². The van der Waals surface area contributed by atoms with E-state index in [2.05, 4.69) is 0 Å². The lowest BCUT2D eigenvalue weighted by Gasteiger charge is -2.35. The van der Waals surface area contributed by atoms with Gasteiger partial charge in [0.25, 0.3) is 0 Å². The van der Waals surface area contributed by atoms with Crippen LogP contribution in [0.1, 0.15) is 12.8 Å². The molecule has 0 amide bonds. The molecule has 56 valence electrons. The van der Waals surface area contributed by atoms with Crippen molar-refractivity contribution in [2.45, 2.75) is 12.8 Å².